The highest BCUT2D eigenvalue weighted by molar-refractivity contribution is 5.35. The van der Waals surface area contributed by atoms with E-state index in [2.05, 4.69) is 55.6 Å². The number of rotatable bonds is 5. The van der Waals surface area contributed by atoms with Crippen LogP contribution in [0.2, 0.25) is 0 Å². The molecule has 2 N–H and O–H groups in total. The Balaban J connectivity index is 1.70. The summed E-state index contributed by atoms with van der Waals surface area (Å²) in [5.74, 6) is 0. The van der Waals surface area contributed by atoms with Gasteiger partial charge in [0.05, 0.1) is 6.20 Å². The summed E-state index contributed by atoms with van der Waals surface area (Å²) in [6.07, 6.45) is 6.91. The van der Waals surface area contributed by atoms with Gasteiger partial charge in [-0.1, -0.05) is 24.3 Å². The number of hydrogen-bond donors (Lipinski definition) is 2. The predicted molar refractivity (Wildman–Crippen MR) is 92.3 cm³/mol. The summed E-state index contributed by atoms with van der Waals surface area (Å²) in [5, 5.41) is 19.0. The van der Waals surface area contributed by atoms with E-state index >= 15 is 0 Å². The van der Waals surface area contributed by atoms with Crippen LogP contribution in [0.25, 0.3) is 0 Å². The second-order valence-corrected chi connectivity index (χ2v) is 6.99. The van der Waals surface area contributed by atoms with Crippen molar-refractivity contribution < 1.29 is 5.11 Å². The van der Waals surface area contributed by atoms with E-state index < -0.39 is 5.60 Å². The van der Waals surface area contributed by atoms with E-state index in [4.69, 9.17) is 0 Å². The minimum absolute atomic E-state index is 0.167. The number of fused-ring (bicyclic) bond motifs is 1. The normalized spacial score (nSPS) is 22.1. The van der Waals surface area contributed by atoms with E-state index in [1.165, 1.54) is 5.56 Å². The van der Waals surface area contributed by atoms with Crippen LogP contribution in [0.15, 0.2) is 36.7 Å². The van der Waals surface area contributed by atoms with Crippen LogP contribution in [0.4, 0.5) is 0 Å². The van der Waals surface area contributed by atoms with Crippen molar-refractivity contribution in [2.24, 2.45) is 0 Å². The van der Waals surface area contributed by atoms with Crippen molar-refractivity contribution in [1.29, 1.82) is 0 Å². The van der Waals surface area contributed by atoms with Crippen LogP contribution in [0.3, 0.4) is 0 Å². The second-order valence-electron chi connectivity index (χ2n) is 6.99. The van der Waals surface area contributed by atoms with Gasteiger partial charge >= 0.3 is 0 Å². The van der Waals surface area contributed by atoms with Crippen LogP contribution in [-0.4, -0.2) is 21.4 Å². The van der Waals surface area contributed by atoms with Crippen LogP contribution >= 0.6 is 0 Å². The summed E-state index contributed by atoms with van der Waals surface area (Å²) in [5.41, 5.74) is 2.76. The SMILES string of the molecule is CC(C)n1cc([C@H](C)NC[C@]2(O)CCCc3ccccc32)cn1. The molecular formula is C19H27N3O. The molecule has 0 fully saturated rings. The van der Waals surface area contributed by atoms with Crippen LogP contribution in [-0.2, 0) is 12.0 Å². The lowest BCUT2D eigenvalue weighted by molar-refractivity contribution is 0.0170. The van der Waals surface area contributed by atoms with Gasteiger partial charge in [0.2, 0.25) is 0 Å². The first-order valence-electron chi connectivity index (χ1n) is 8.58. The first-order valence-corrected chi connectivity index (χ1v) is 8.58. The molecule has 124 valence electrons. The van der Waals surface area contributed by atoms with E-state index in [9.17, 15) is 5.11 Å². The molecule has 0 spiro atoms. The molecule has 0 unspecified atom stereocenters. The lowest BCUT2D eigenvalue weighted by atomic mass is 9.79. The molecule has 3 rings (SSSR count). The van der Waals surface area contributed by atoms with Gasteiger partial charge in [0.25, 0.3) is 0 Å². The highest BCUT2D eigenvalue weighted by Gasteiger charge is 2.34. The van der Waals surface area contributed by atoms with Gasteiger partial charge < -0.3 is 10.4 Å². The average molecular weight is 313 g/mol. The molecule has 1 heterocycles. The molecule has 0 saturated heterocycles. The first-order chi connectivity index (χ1) is 11.0. The zero-order valence-corrected chi connectivity index (χ0v) is 14.3. The van der Waals surface area contributed by atoms with Gasteiger partial charge in [0.1, 0.15) is 5.60 Å². The Morgan fingerprint density at radius 1 is 1.30 bits per heavy atom. The van der Waals surface area contributed by atoms with E-state index in [0.717, 1.165) is 30.4 Å². The summed E-state index contributed by atoms with van der Waals surface area (Å²) < 4.78 is 1.97. The molecule has 1 aliphatic rings. The third-order valence-corrected chi connectivity index (χ3v) is 4.91. The van der Waals surface area contributed by atoms with Crippen LogP contribution in [0.1, 0.15) is 62.4 Å². The van der Waals surface area contributed by atoms with Gasteiger partial charge in [0.15, 0.2) is 0 Å². The number of benzene rings is 1. The fourth-order valence-electron chi connectivity index (χ4n) is 3.38. The molecule has 1 aromatic heterocycles. The molecule has 0 aliphatic heterocycles. The van der Waals surface area contributed by atoms with Crippen LogP contribution in [0.5, 0.6) is 0 Å². The van der Waals surface area contributed by atoms with Crippen molar-refractivity contribution >= 4 is 0 Å². The highest BCUT2D eigenvalue weighted by Crippen LogP contribution is 2.35. The van der Waals surface area contributed by atoms with Crippen molar-refractivity contribution in [1.82, 2.24) is 15.1 Å². The maximum absolute atomic E-state index is 11.1. The smallest absolute Gasteiger partial charge is 0.102 e. The van der Waals surface area contributed by atoms with Crippen molar-refractivity contribution in [3.05, 3.63) is 53.3 Å². The van der Waals surface area contributed by atoms with E-state index in [1.54, 1.807) is 0 Å². The maximum Gasteiger partial charge on any atom is 0.102 e. The van der Waals surface area contributed by atoms with Gasteiger partial charge in [-0.15, -0.1) is 0 Å². The Kier molecular flexibility index (Phi) is 4.55. The number of nitrogens with one attached hydrogen (secondary N) is 1. The molecule has 1 aliphatic carbocycles. The Morgan fingerprint density at radius 3 is 2.83 bits per heavy atom. The Bertz CT molecular complexity index is 664. The Hall–Kier alpha value is -1.65. The van der Waals surface area contributed by atoms with Gasteiger partial charge in [0, 0.05) is 30.4 Å². The quantitative estimate of drug-likeness (QED) is 0.890. The van der Waals surface area contributed by atoms with E-state index in [1.807, 2.05) is 16.9 Å². The van der Waals surface area contributed by atoms with Gasteiger partial charge in [-0.05, 0) is 51.2 Å². The van der Waals surface area contributed by atoms with Crippen LogP contribution in [0, 0.1) is 0 Å². The Morgan fingerprint density at radius 2 is 2.09 bits per heavy atom. The minimum atomic E-state index is -0.767. The zero-order valence-electron chi connectivity index (χ0n) is 14.3. The van der Waals surface area contributed by atoms with Gasteiger partial charge in [-0.2, -0.15) is 5.10 Å². The number of nitrogens with zero attached hydrogens (tertiary/aromatic N) is 2. The third kappa shape index (κ3) is 3.33. The number of aryl methyl sites for hydroxylation is 1. The second kappa shape index (κ2) is 6.46. The van der Waals surface area contributed by atoms with Crippen LogP contribution < -0.4 is 5.32 Å². The van der Waals surface area contributed by atoms with Gasteiger partial charge in [-0.3, -0.25) is 4.68 Å². The Labute approximate surface area is 138 Å². The number of aliphatic hydroxyl groups is 1. The summed E-state index contributed by atoms with van der Waals surface area (Å²) in [4.78, 5) is 0. The highest BCUT2D eigenvalue weighted by atomic mass is 16.3. The average Bonchev–Trinajstić information content (AvgIpc) is 3.04. The largest absolute Gasteiger partial charge is 0.384 e. The van der Waals surface area contributed by atoms with Crippen molar-refractivity contribution in [2.45, 2.75) is 57.7 Å². The fourth-order valence-corrected chi connectivity index (χ4v) is 3.38. The molecule has 2 atom stereocenters. The van der Waals surface area contributed by atoms with Crippen molar-refractivity contribution in [3.8, 4) is 0 Å². The lowest BCUT2D eigenvalue weighted by Gasteiger charge is -2.35. The monoisotopic (exact) mass is 313 g/mol. The number of hydrogen-bond acceptors (Lipinski definition) is 3. The summed E-state index contributed by atoms with van der Waals surface area (Å²) in [6, 6.07) is 8.81. The zero-order chi connectivity index (χ0) is 16.4. The summed E-state index contributed by atoms with van der Waals surface area (Å²) in [6.45, 7) is 6.94. The van der Waals surface area contributed by atoms with E-state index in [0.29, 0.717) is 12.6 Å². The molecule has 2 aromatic rings. The third-order valence-electron chi connectivity index (χ3n) is 4.91. The predicted octanol–water partition coefficient (Wildman–Crippen LogP) is 3.34. The first kappa shape index (κ1) is 16.2. The molecular weight excluding hydrogens is 286 g/mol. The summed E-state index contributed by atoms with van der Waals surface area (Å²) >= 11 is 0. The molecule has 4 heteroatoms. The summed E-state index contributed by atoms with van der Waals surface area (Å²) in [7, 11) is 0. The molecule has 0 saturated carbocycles. The number of aromatic nitrogens is 2. The van der Waals surface area contributed by atoms with Crippen molar-refractivity contribution in [2.75, 3.05) is 6.54 Å². The fraction of sp³-hybridized carbons (Fsp3) is 0.526. The standard InChI is InChI=1S/C19H27N3O/c1-14(2)22-12-17(11-21-22)15(3)20-13-19(23)10-6-8-16-7-4-5-9-18(16)19/h4-5,7,9,11-12,14-15,20,23H,6,8,10,13H2,1-3H3/t15-,19+/m0/s1. The minimum Gasteiger partial charge on any atom is -0.384 e. The molecule has 0 bridgehead atoms. The van der Waals surface area contributed by atoms with E-state index in [-0.39, 0.29) is 6.04 Å². The maximum atomic E-state index is 11.1. The van der Waals surface area contributed by atoms with Crippen molar-refractivity contribution in [3.63, 3.8) is 0 Å². The molecule has 0 amide bonds. The molecule has 4 nitrogen and oxygen atoms in total. The molecule has 0 radical (unpaired) electrons. The lowest BCUT2D eigenvalue weighted by Crippen LogP contribution is -2.41. The van der Waals surface area contributed by atoms with Gasteiger partial charge in [-0.25, -0.2) is 0 Å². The molecule has 23 heavy (non-hydrogen) atoms. The molecule has 1 aromatic carbocycles. The topological polar surface area (TPSA) is 50.1 Å².